The Kier molecular flexibility index (Phi) is 4.79. The van der Waals surface area contributed by atoms with Gasteiger partial charge in [-0.25, -0.2) is 0 Å². The van der Waals surface area contributed by atoms with Gasteiger partial charge in [0, 0.05) is 17.8 Å². The van der Waals surface area contributed by atoms with Crippen LogP contribution in [0.5, 0.6) is 5.75 Å². The summed E-state index contributed by atoms with van der Waals surface area (Å²) in [5, 5.41) is 5.01. The number of ketones is 1. The van der Waals surface area contributed by atoms with E-state index in [1.807, 2.05) is 24.3 Å². The zero-order chi connectivity index (χ0) is 21.8. The van der Waals surface area contributed by atoms with Crippen molar-refractivity contribution in [2.24, 2.45) is 22.4 Å². The maximum atomic E-state index is 13.4. The molecule has 0 aliphatic heterocycles. The maximum Gasteiger partial charge on any atom is 0.380 e. The molecule has 0 amide bonds. The molecule has 0 radical (unpaired) electrons. The van der Waals surface area contributed by atoms with Crippen LogP contribution in [0.15, 0.2) is 48.3 Å². The summed E-state index contributed by atoms with van der Waals surface area (Å²) >= 11 is 0. The van der Waals surface area contributed by atoms with E-state index >= 15 is 0 Å². The molecule has 2 fully saturated rings. The lowest BCUT2D eigenvalue weighted by atomic mass is 9.55. The van der Waals surface area contributed by atoms with Crippen LogP contribution in [0.4, 0.5) is 0 Å². The summed E-state index contributed by atoms with van der Waals surface area (Å²) < 4.78 is 27.4. The molecule has 162 valence electrons. The first-order chi connectivity index (χ1) is 14.7. The van der Waals surface area contributed by atoms with E-state index in [4.69, 9.17) is 9.32 Å². The van der Waals surface area contributed by atoms with Crippen LogP contribution < -0.4 is 9.32 Å². The predicted molar refractivity (Wildman–Crippen MR) is 117 cm³/mol. The number of allylic oxidation sites excluding steroid dienone is 1. The van der Waals surface area contributed by atoms with Crippen molar-refractivity contribution in [3.63, 3.8) is 0 Å². The zero-order valence-corrected chi connectivity index (χ0v) is 18.3. The van der Waals surface area contributed by atoms with Gasteiger partial charge in [-0.15, -0.1) is 0 Å². The van der Waals surface area contributed by atoms with Crippen molar-refractivity contribution in [1.29, 1.82) is 0 Å². The first-order valence-corrected chi connectivity index (χ1v) is 12.2. The Morgan fingerprint density at radius 1 is 1.26 bits per heavy atom. The summed E-state index contributed by atoms with van der Waals surface area (Å²) in [6.45, 7) is 2.15. The first kappa shape index (κ1) is 20.4. The van der Waals surface area contributed by atoms with Gasteiger partial charge in [-0.2, -0.15) is 13.6 Å². The number of aromatic nitrogens is 1. The Morgan fingerprint density at radius 2 is 2.10 bits per heavy atom. The molecule has 0 saturated heterocycles. The highest BCUT2D eigenvalue weighted by atomic mass is 32.2. The maximum absolute atomic E-state index is 13.4. The summed E-state index contributed by atoms with van der Waals surface area (Å²) in [6, 6.07) is 9.35. The minimum Gasteiger partial charge on any atom is -0.371 e. The summed E-state index contributed by atoms with van der Waals surface area (Å²) in [6.07, 6.45) is 10.0. The van der Waals surface area contributed by atoms with E-state index in [1.54, 1.807) is 24.5 Å². The van der Waals surface area contributed by atoms with Crippen molar-refractivity contribution in [2.75, 3.05) is 0 Å². The normalized spacial score (nSPS) is 31.1. The average Bonchev–Trinajstić information content (AvgIpc) is 2.98. The molecule has 6 nitrogen and oxygen atoms in total. The number of fused-ring (bicyclic) bond motifs is 5. The zero-order valence-electron chi connectivity index (χ0n) is 17.5. The van der Waals surface area contributed by atoms with E-state index in [1.165, 1.54) is 5.56 Å². The predicted octanol–water partition coefficient (Wildman–Crippen LogP) is 3.78. The minimum absolute atomic E-state index is 0.262. The SMILES string of the molecule is C[C@]12CCC3c4ccc(OS(N)(=O)=O)cc4CCC3C1CC(=Cc1cccnc1)C2=O. The minimum atomic E-state index is -4.03. The van der Waals surface area contributed by atoms with Gasteiger partial charge < -0.3 is 4.18 Å². The summed E-state index contributed by atoms with van der Waals surface area (Å²) in [5.74, 6) is 1.71. The Labute approximate surface area is 182 Å². The second kappa shape index (κ2) is 7.28. The number of Topliss-reactive ketones (excluding diaryl/α,β-unsaturated/α-hetero) is 1. The highest BCUT2D eigenvalue weighted by Gasteiger charge is 2.56. The van der Waals surface area contributed by atoms with E-state index in [-0.39, 0.29) is 11.2 Å². The fraction of sp³-hybridized carbons (Fsp3) is 0.417. The van der Waals surface area contributed by atoms with Gasteiger partial charge in [0.1, 0.15) is 5.75 Å². The second-order valence-electron chi connectivity index (χ2n) is 9.30. The fourth-order valence-electron chi connectivity index (χ4n) is 6.21. The van der Waals surface area contributed by atoms with Crippen LogP contribution in [0.25, 0.3) is 6.08 Å². The van der Waals surface area contributed by atoms with Gasteiger partial charge in [0.25, 0.3) is 0 Å². The van der Waals surface area contributed by atoms with E-state index in [2.05, 4.69) is 11.9 Å². The van der Waals surface area contributed by atoms with Gasteiger partial charge in [0.2, 0.25) is 0 Å². The summed E-state index contributed by atoms with van der Waals surface area (Å²) in [5.41, 5.74) is 3.98. The molecule has 2 N–H and O–H groups in total. The lowest BCUT2D eigenvalue weighted by molar-refractivity contribution is -0.127. The fourth-order valence-corrected chi connectivity index (χ4v) is 6.58. The molecule has 5 rings (SSSR count). The van der Waals surface area contributed by atoms with E-state index in [0.29, 0.717) is 23.5 Å². The standard InChI is InChI=1S/C24H26N2O4S/c1-24-9-8-20-19-7-5-18(30-31(25,28)29)12-16(19)4-6-21(20)22(24)13-17(23(24)27)11-15-3-2-10-26-14-15/h2-3,5,7,10-12,14,20-22H,4,6,8-9,13H2,1H3,(H2,25,28,29)/t20?,21?,22?,24-/m0/s1. The number of nitrogens with two attached hydrogens (primary N) is 1. The van der Waals surface area contributed by atoms with Crippen molar-refractivity contribution in [2.45, 2.75) is 44.9 Å². The Hall–Kier alpha value is -2.51. The molecule has 0 spiro atoms. The molecule has 1 aromatic heterocycles. The van der Waals surface area contributed by atoms with Gasteiger partial charge in [0.15, 0.2) is 5.78 Å². The van der Waals surface area contributed by atoms with Crippen LogP contribution in [0.3, 0.4) is 0 Å². The quantitative estimate of drug-likeness (QED) is 0.735. The molecule has 3 unspecified atom stereocenters. The molecule has 1 aromatic carbocycles. The van der Waals surface area contributed by atoms with Crippen LogP contribution in [-0.4, -0.2) is 19.2 Å². The molecule has 3 aliphatic carbocycles. The summed E-state index contributed by atoms with van der Waals surface area (Å²) in [4.78, 5) is 17.6. The molecular formula is C24H26N2O4S. The third-order valence-electron chi connectivity index (χ3n) is 7.58. The van der Waals surface area contributed by atoms with Crippen LogP contribution in [-0.2, 0) is 21.5 Å². The second-order valence-corrected chi connectivity index (χ2v) is 10.4. The molecule has 2 aromatic rings. The van der Waals surface area contributed by atoms with Crippen LogP contribution in [0.2, 0.25) is 0 Å². The number of pyridine rings is 1. The van der Waals surface area contributed by atoms with Crippen LogP contribution in [0, 0.1) is 17.3 Å². The third kappa shape index (κ3) is 3.59. The highest BCUT2D eigenvalue weighted by Crippen LogP contribution is 2.60. The van der Waals surface area contributed by atoms with Gasteiger partial charge in [-0.05, 0) is 96.4 Å². The van der Waals surface area contributed by atoms with Crippen molar-refractivity contribution in [3.05, 3.63) is 65.0 Å². The number of benzene rings is 1. The lowest BCUT2D eigenvalue weighted by Crippen LogP contribution is -2.42. The molecule has 4 atom stereocenters. The Bertz CT molecular complexity index is 1180. The molecule has 3 aliphatic rings. The number of carbonyl (C=O) groups excluding carboxylic acids is 1. The molecule has 0 bridgehead atoms. The van der Waals surface area contributed by atoms with Crippen molar-refractivity contribution in [1.82, 2.24) is 4.98 Å². The number of hydrogen-bond donors (Lipinski definition) is 1. The number of hydrogen-bond acceptors (Lipinski definition) is 5. The number of aryl methyl sites for hydroxylation is 1. The molecule has 7 heteroatoms. The van der Waals surface area contributed by atoms with E-state index in [9.17, 15) is 13.2 Å². The van der Waals surface area contributed by atoms with Crippen LogP contribution in [0.1, 0.15) is 55.2 Å². The Morgan fingerprint density at radius 3 is 2.84 bits per heavy atom. The molecule has 31 heavy (non-hydrogen) atoms. The van der Waals surface area contributed by atoms with Crippen molar-refractivity contribution < 1.29 is 17.4 Å². The van der Waals surface area contributed by atoms with E-state index < -0.39 is 10.3 Å². The average molecular weight is 439 g/mol. The summed E-state index contributed by atoms with van der Waals surface area (Å²) in [7, 11) is -4.03. The number of carbonyl (C=O) groups is 1. The number of nitrogens with zero attached hydrogens (tertiary/aromatic N) is 1. The van der Waals surface area contributed by atoms with Gasteiger partial charge >= 0.3 is 10.3 Å². The van der Waals surface area contributed by atoms with Crippen molar-refractivity contribution in [3.8, 4) is 5.75 Å². The van der Waals surface area contributed by atoms with Gasteiger partial charge in [-0.3, -0.25) is 9.78 Å². The van der Waals surface area contributed by atoms with Gasteiger partial charge in [0.05, 0.1) is 0 Å². The third-order valence-corrected chi connectivity index (χ3v) is 8.00. The van der Waals surface area contributed by atoms with Crippen molar-refractivity contribution >= 4 is 22.2 Å². The molecule has 1 heterocycles. The molecule has 2 saturated carbocycles. The monoisotopic (exact) mass is 438 g/mol. The first-order valence-electron chi connectivity index (χ1n) is 10.7. The number of rotatable bonds is 3. The lowest BCUT2D eigenvalue weighted by Gasteiger charge is -2.48. The smallest absolute Gasteiger partial charge is 0.371 e. The topological polar surface area (TPSA) is 99.3 Å². The molecular weight excluding hydrogens is 412 g/mol. The van der Waals surface area contributed by atoms with Crippen LogP contribution >= 0.6 is 0 Å². The van der Waals surface area contributed by atoms with E-state index in [0.717, 1.165) is 48.8 Å². The van der Waals surface area contributed by atoms with Gasteiger partial charge in [-0.1, -0.05) is 19.1 Å². The largest absolute Gasteiger partial charge is 0.380 e. The highest BCUT2D eigenvalue weighted by molar-refractivity contribution is 7.84. The Balaban J connectivity index is 1.44.